The number of hydrogen-bond acceptors (Lipinski definition) is 6. The first-order valence-electron chi connectivity index (χ1n) is 8.92. The Morgan fingerprint density at radius 2 is 1.87 bits per heavy atom. The number of thiazole rings is 1. The Bertz CT molecular complexity index is 969. The molecule has 3 aromatic rings. The van der Waals surface area contributed by atoms with Gasteiger partial charge in [0, 0.05) is 37.2 Å². The number of nitrogens with zero attached hydrogens (tertiary/aromatic N) is 3. The Balaban J connectivity index is 0.000000318. The number of carboxylic acids is 1. The molecule has 0 atom stereocenters. The lowest BCUT2D eigenvalue weighted by atomic mass is 10.0. The summed E-state index contributed by atoms with van der Waals surface area (Å²) in [6.45, 7) is 1.88. The highest BCUT2D eigenvalue weighted by atomic mass is 32.1. The van der Waals surface area contributed by atoms with Gasteiger partial charge in [0.25, 0.3) is 5.91 Å². The Morgan fingerprint density at radius 1 is 1.23 bits per heavy atom. The topological polar surface area (TPSA) is 111 Å². The van der Waals surface area contributed by atoms with Crippen LogP contribution in [0, 0.1) is 0 Å². The maximum atomic E-state index is 12.3. The van der Waals surface area contributed by atoms with Crippen molar-refractivity contribution in [2.45, 2.75) is 25.1 Å². The van der Waals surface area contributed by atoms with Crippen LogP contribution in [0.2, 0.25) is 0 Å². The number of H-pyrrole nitrogens is 1. The molecule has 3 N–H and O–H groups in total. The van der Waals surface area contributed by atoms with Crippen LogP contribution in [0.25, 0.3) is 10.3 Å². The molecular weight excluding hydrogens is 423 g/mol. The second kappa shape index (κ2) is 9.11. The Labute approximate surface area is 172 Å². The maximum absolute atomic E-state index is 12.3. The van der Waals surface area contributed by atoms with E-state index in [4.69, 9.17) is 9.90 Å². The zero-order chi connectivity index (χ0) is 21.7. The molecule has 160 valence electrons. The summed E-state index contributed by atoms with van der Waals surface area (Å²) in [6.07, 6.45) is 0.436. The zero-order valence-electron chi connectivity index (χ0n) is 15.5. The van der Waals surface area contributed by atoms with Gasteiger partial charge in [-0.25, -0.2) is 9.78 Å². The summed E-state index contributed by atoms with van der Waals surface area (Å²) in [5.41, 5.74) is 4.35. The molecule has 8 nitrogen and oxygen atoms in total. The molecule has 1 saturated heterocycles. The fourth-order valence-corrected chi connectivity index (χ4v) is 3.64. The second-order valence-corrected chi connectivity index (χ2v) is 7.38. The number of carboxylic acid groups (broad SMARTS) is 1. The van der Waals surface area contributed by atoms with Crippen molar-refractivity contribution in [3.63, 3.8) is 0 Å². The first-order valence-corrected chi connectivity index (χ1v) is 9.80. The quantitative estimate of drug-likeness (QED) is 0.576. The lowest BCUT2D eigenvalue weighted by Crippen LogP contribution is -2.44. The van der Waals surface area contributed by atoms with Crippen molar-refractivity contribution in [3.05, 3.63) is 41.8 Å². The summed E-state index contributed by atoms with van der Waals surface area (Å²) >= 11 is 1.54. The van der Waals surface area contributed by atoms with Gasteiger partial charge in [-0.2, -0.15) is 13.2 Å². The average molecular weight is 441 g/mol. The number of aromatic nitrogens is 3. The third-order valence-corrected chi connectivity index (χ3v) is 5.24. The number of rotatable bonds is 3. The van der Waals surface area contributed by atoms with Crippen LogP contribution in [-0.2, 0) is 4.79 Å². The highest BCUT2D eigenvalue weighted by molar-refractivity contribution is 7.16. The van der Waals surface area contributed by atoms with Crippen LogP contribution in [0.1, 0.15) is 23.3 Å². The van der Waals surface area contributed by atoms with Gasteiger partial charge in [0.15, 0.2) is 0 Å². The normalized spacial score (nSPS) is 14.8. The number of anilines is 1. The van der Waals surface area contributed by atoms with E-state index in [1.54, 1.807) is 5.51 Å². The molecule has 0 unspecified atom stereocenters. The monoisotopic (exact) mass is 441 g/mol. The van der Waals surface area contributed by atoms with Gasteiger partial charge < -0.3 is 20.3 Å². The standard InChI is InChI=1S/C16H17N5OS.C2HF3O2/c22-16(13-9-14-15(20-13)18-10-23-14)19-11-3-7-21(8-4-11)12-1-5-17-6-2-12;3-2(4,5)1(6)7/h1-2,5-6,9-11,20H,3-4,7-8H2,(H,19,22);(H,6,7). The van der Waals surface area contributed by atoms with E-state index < -0.39 is 12.1 Å². The van der Waals surface area contributed by atoms with Gasteiger partial charge in [-0.3, -0.25) is 9.78 Å². The molecule has 1 fully saturated rings. The summed E-state index contributed by atoms with van der Waals surface area (Å²) in [7, 11) is 0. The first kappa shape index (κ1) is 21.6. The fourth-order valence-electron chi connectivity index (χ4n) is 2.97. The van der Waals surface area contributed by atoms with E-state index in [1.165, 1.54) is 17.0 Å². The summed E-state index contributed by atoms with van der Waals surface area (Å²) < 4.78 is 32.8. The van der Waals surface area contributed by atoms with Crippen molar-refractivity contribution in [3.8, 4) is 0 Å². The van der Waals surface area contributed by atoms with E-state index in [0.29, 0.717) is 5.69 Å². The van der Waals surface area contributed by atoms with E-state index in [2.05, 4.69) is 25.2 Å². The Kier molecular flexibility index (Phi) is 6.55. The molecule has 0 bridgehead atoms. The molecule has 30 heavy (non-hydrogen) atoms. The minimum Gasteiger partial charge on any atom is -0.475 e. The molecule has 12 heteroatoms. The van der Waals surface area contributed by atoms with Crippen molar-refractivity contribution in [2.24, 2.45) is 0 Å². The predicted octanol–water partition coefficient (Wildman–Crippen LogP) is 3.05. The van der Waals surface area contributed by atoms with Gasteiger partial charge in [-0.1, -0.05) is 0 Å². The maximum Gasteiger partial charge on any atom is 0.490 e. The number of aliphatic carboxylic acids is 1. The number of pyridine rings is 1. The van der Waals surface area contributed by atoms with Crippen LogP contribution < -0.4 is 10.2 Å². The van der Waals surface area contributed by atoms with Crippen LogP contribution in [0.15, 0.2) is 36.1 Å². The summed E-state index contributed by atoms with van der Waals surface area (Å²) in [6, 6.07) is 6.14. The molecule has 3 aromatic heterocycles. The molecule has 0 aliphatic carbocycles. The lowest BCUT2D eigenvalue weighted by Gasteiger charge is -2.33. The van der Waals surface area contributed by atoms with Crippen LogP contribution in [0.5, 0.6) is 0 Å². The minimum absolute atomic E-state index is 0.0439. The van der Waals surface area contributed by atoms with Gasteiger partial charge in [0.1, 0.15) is 11.3 Å². The highest BCUT2D eigenvalue weighted by Crippen LogP contribution is 2.21. The van der Waals surface area contributed by atoms with Crippen molar-refractivity contribution in [1.29, 1.82) is 0 Å². The van der Waals surface area contributed by atoms with Gasteiger partial charge in [0.05, 0.1) is 10.2 Å². The third-order valence-electron chi connectivity index (χ3n) is 4.47. The van der Waals surface area contributed by atoms with Crippen LogP contribution in [-0.4, -0.2) is 57.2 Å². The molecule has 1 aliphatic rings. The van der Waals surface area contributed by atoms with E-state index in [9.17, 15) is 18.0 Å². The summed E-state index contributed by atoms with van der Waals surface area (Å²) in [5.74, 6) is -2.80. The molecule has 4 rings (SSSR count). The smallest absolute Gasteiger partial charge is 0.475 e. The summed E-state index contributed by atoms with van der Waals surface area (Å²) in [4.78, 5) is 34.9. The van der Waals surface area contributed by atoms with Crippen LogP contribution >= 0.6 is 11.3 Å². The van der Waals surface area contributed by atoms with Crippen LogP contribution in [0.4, 0.5) is 18.9 Å². The van der Waals surface area contributed by atoms with E-state index in [0.717, 1.165) is 36.3 Å². The number of fused-ring (bicyclic) bond motifs is 1. The molecule has 1 amide bonds. The van der Waals surface area contributed by atoms with E-state index >= 15 is 0 Å². The Hall–Kier alpha value is -3.15. The number of hydrogen-bond donors (Lipinski definition) is 3. The average Bonchev–Trinajstić information content (AvgIpc) is 3.31. The number of amides is 1. The molecule has 0 saturated carbocycles. The number of piperidine rings is 1. The highest BCUT2D eigenvalue weighted by Gasteiger charge is 2.38. The SMILES string of the molecule is O=C(NC1CCN(c2ccncc2)CC1)c1cc2scnc2[nH]1.O=C(O)C(F)(F)F. The molecule has 4 heterocycles. The van der Waals surface area contributed by atoms with Crippen molar-refractivity contribution < 1.29 is 27.9 Å². The summed E-state index contributed by atoms with van der Waals surface area (Å²) in [5, 5.41) is 10.3. The largest absolute Gasteiger partial charge is 0.490 e. The number of nitrogens with one attached hydrogen (secondary N) is 2. The fraction of sp³-hybridized carbons (Fsp3) is 0.333. The van der Waals surface area contributed by atoms with E-state index in [-0.39, 0.29) is 11.9 Å². The number of halogens is 3. The second-order valence-electron chi connectivity index (χ2n) is 6.49. The van der Waals surface area contributed by atoms with Gasteiger partial charge in [-0.15, -0.1) is 11.3 Å². The van der Waals surface area contributed by atoms with E-state index in [1.807, 2.05) is 30.6 Å². The Morgan fingerprint density at radius 3 is 2.43 bits per heavy atom. The predicted molar refractivity (Wildman–Crippen MR) is 105 cm³/mol. The van der Waals surface area contributed by atoms with Gasteiger partial charge >= 0.3 is 12.1 Å². The van der Waals surface area contributed by atoms with Crippen molar-refractivity contribution in [1.82, 2.24) is 20.3 Å². The van der Waals surface area contributed by atoms with Crippen LogP contribution in [0.3, 0.4) is 0 Å². The molecule has 1 aliphatic heterocycles. The number of carbonyl (C=O) groups excluding carboxylic acids is 1. The molecular formula is C18H18F3N5O3S. The number of aromatic amines is 1. The number of alkyl halides is 3. The van der Waals surface area contributed by atoms with Gasteiger partial charge in [-0.05, 0) is 31.0 Å². The van der Waals surface area contributed by atoms with Crippen molar-refractivity contribution in [2.75, 3.05) is 18.0 Å². The molecule has 0 spiro atoms. The third kappa shape index (κ3) is 5.47. The molecule has 0 aromatic carbocycles. The van der Waals surface area contributed by atoms with Gasteiger partial charge in [0.2, 0.25) is 0 Å². The number of carbonyl (C=O) groups is 2. The molecule has 0 radical (unpaired) electrons. The lowest BCUT2D eigenvalue weighted by molar-refractivity contribution is -0.192. The zero-order valence-corrected chi connectivity index (χ0v) is 16.3. The van der Waals surface area contributed by atoms with Crippen molar-refractivity contribution >= 4 is 39.2 Å². The minimum atomic E-state index is -5.08. The first-order chi connectivity index (χ1) is 14.2.